The Labute approximate surface area is 247 Å². The van der Waals surface area contributed by atoms with E-state index >= 15 is 0 Å². The summed E-state index contributed by atoms with van der Waals surface area (Å²) in [7, 11) is -3.87. The highest BCUT2D eigenvalue weighted by Crippen LogP contribution is 2.28. The summed E-state index contributed by atoms with van der Waals surface area (Å²) < 4.78 is 28.5. The van der Waals surface area contributed by atoms with Crippen molar-refractivity contribution in [1.29, 1.82) is 5.53 Å². The molecule has 2 aromatic carbocycles. The van der Waals surface area contributed by atoms with E-state index in [1.807, 2.05) is 18.2 Å². The van der Waals surface area contributed by atoms with E-state index in [2.05, 4.69) is 25.6 Å². The van der Waals surface area contributed by atoms with Crippen LogP contribution in [0.5, 0.6) is 0 Å². The van der Waals surface area contributed by atoms with Crippen LogP contribution in [0.3, 0.4) is 0 Å². The Hall–Kier alpha value is -3.87. The van der Waals surface area contributed by atoms with Crippen LogP contribution in [0.2, 0.25) is 0 Å². The van der Waals surface area contributed by atoms with E-state index in [1.165, 1.54) is 49.9 Å². The lowest BCUT2D eigenvalue weighted by atomic mass is 10.0. The van der Waals surface area contributed by atoms with Gasteiger partial charge in [0.2, 0.25) is 0 Å². The maximum atomic E-state index is 12.9. The van der Waals surface area contributed by atoms with Crippen molar-refractivity contribution in [2.75, 3.05) is 29.4 Å². The van der Waals surface area contributed by atoms with Gasteiger partial charge in [-0.25, -0.2) is 13.2 Å². The normalized spacial score (nSPS) is 14.3. The Bertz CT molecular complexity index is 1380. The van der Waals surface area contributed by atoms with Gasteiger partial charge in [0.25, 0.3) is 10.0 Å². The van der Waals surface area contributed by atoms with Crippen molar-refractivity contribution in [3.63, 3.8) is 0 Å². The van der Waals surface area contributed by atoms with E-state index in [-0.39, 0.29) is 4.90 Å². The molecule has 2 amide bonds. The molecule has 0 radical (unpaired) electrons. The fourth-order valence-electron chi connectivity index (χ4n) is 5.06. The molecule has 0 bridgehead atoms. The van der Waals surface area contributed by atoms with Crippen molar-refractivity contribution in [1.82, 2.24) is 15.6 Å². The summed E-state index contributed by atoms with van der Waals surface area (Å²) in [5, 5.41) is 20.4. The first kappa shape index (κ1) is 31.1. The second-order valence-corrected chi connectivity index (χ2v) is 12.2. The van der Waals surface area contributed by atoms with Crippen LogP contribution in [-0.4, -0.2) is 44.2 Å². The summed E-state index contributed by atoms with van der Waals surface area (Å²) in [5.74, 6) is 0.742. The summed E-state index contributed by atoms with van der Waals surface area (Å²) in [6, 6.07) is 15.8. The first-order chi connectivity index (χ1) is 20.4. The van der Waals surface area contributed by atoms with Crippen molar-refractivity contribution < 1.29 is 18.3 Å². The summed E-state index contributed by atoms with van der Waals surface area (Å²) in [4.78, 5) is 16.6. The average molecular weight is 594 g/mol. The highest BCUT2D eigenvalue weighted by Gasteiger charge is 2.19. The molecule has 4 rings (SSSR count). The molecular formula is C30H39N7O4S. The standard InChI is InChI=1S/C30H39N7O4S/c31-36-37(30(39)34-19-3-7-23-5-1-2-6-23)27-13-15-28(16-14-27)42(40,41)35-26-11-9-24(10-12-26)17-20-33-22-29(38)25-8-4-18-32-21-25/h4,8-16,18,21,23,29,31,33,35,38H,1-3,5-7,17,19-20,22H2,(H,34,39)/t29-/m0/s1. The molecule has 1 aliphatic rings. The number of rotatable bonds is 15. The van der Waals surface area contributed by atoms with E-state index < -0.39 is 22.2 Å². The van der Waals surface area contributed by atoms with Gasteiger partial charge >= 0.3 is 6.03 Å². The maximum absolute atomic E-state index is 12.9. The largest absolute Gasteiger partial charge is 0.387 e. The van der Waals surface area contributed by atoms with Crippen LogP contribution in [0, 0.1) is 11.4 Å². The molecule has 1 aliphatic carbocycles. The highest BCUT2D eigenvalue weighted by molar-refractivity contribution is 7.92. The molecule has 3 aromatic rings. The lowest BCUT2D eigenvalue weighted by Gasteiger charge is -2.17. The SMILES string of the molecule is N=NN(C(=O)NCCCC1CCCC1)c1ccc(S(=O)(=O)Nc2ccc(CCNC[C@H](O)c3cccnc3)cc2)cc1. The van der Waals surface area contributed by atoms with Gasteiger partial charge in [-0.1, -0.05) is 49.1 Å². The number of hydrogen-bond donors (Lipinski definition) is 5. The average Bonchev–Trinajstić information content (AvgIpc) is 3.53. The number of amides is 2. The fourth-order valence-corrected chi connectivity index (χ4v) is 6.12. The van der Waals surface area contributed by atoms with Gasteiger partial charge in [-0.15, -0.1) is 0 Å². The Morgan fingerprint density at radius 2 is 1.81 bits per heavy atom. The van der Waals surface area contributed by atoms with Gasteiger partial charge in [-0.05, 0) is 79.8 Å². The Morgan fingerprint density at radius 1 is 1.07 bits per heavy atom. The van der Waals surface area contributed by atoms with Gasteiger partial charge in [0, 0.05) is 36.7 Å². The lowest BCUT2D eigenvalue weighted by Crippen LogP contribution is -2.36. The molecule has 12 heteroatoms. The number of urea groups is 1. The number of pyridine rings is 1. The number of benzene rings is 2. The van der Waals surface area contributed by atoms with Gasteiger partial charge in [0.1, 0.15) is 0 Å². The number of carbonyl (C=O) groups excluding carboxylic acids is 1. The van der Waals surface area contributed by atoms with Crippen LogP contribution in [-0.2, 0) is 16.4 Å². The summed E-state index contributed by atoms with van der Waals surface area (Å²) in [5.41, 5.74) is 9.92. The van der Waals surface area contributed by atoms with Crippen LogP contribution >= 0.6 is 0 Å². The van der Waals surface area contributed by atoms with Crippen molar-refractivity contribution in [3.05, 3.63) is 84.2 Å². The summed E-state index contributed by atoms with van der Waals surface area (Å²) in [6.45, 7) is 1.55. The molecule has 1 saturated carbocycles. The van der Waals surface area contributed by atoms with Crippen molar-refractivity contribution in [2.45, 2.75) is 55.9 Å². The minimum atomic E-state index is -3.87. The van der Waals surface area contributed by atoms with Crippen LogP contribution in [0.15, 0.2) is 83.2 Å². The Kier molecular flexibility index (Phi) is 11.4. The van der Waals surface area contributed by atoms with Crippen molar-refractivity contribution >= 4 is 27.4 Å². The number of anilines is 2. The molecule has 0 saturated heterocycles. The molecule has 1 heterocycles. The summed E-state index contributed by atoms with van der Waals surface area (Å²) in [6.07, 6.45) is 10.4. The van der Waals surface area contributed by atoms with Gasteiger partial charge in [-0.2, -0.15) is 10.5 Å². The first-order valence-corrected chi connectivity index (χ1v) is 15.8. The molecule has 1 aromatic heterocycles. The highest BCUT2D eigenvalue weighted by atomic mass is 32.2. The number of sulfonamides is 1. The molecule has 1 fully saturated rings. The second kappa shape index (κ2) is 15.4. The first-order valence-electron chi connectivity index (χ1n) is 14.3. The third-order valence-corrected chi connectivity index (χ3v) is 8.82. The quantitative estimate of drug-likeness (QED) is 0.0927. The third-order valence-electron chi connectivity index (χ3n) is 7.43. The molecule has 224 valence electrons. The van der Waals surface area contributed by atoms with Gasteiger partial charge in [-0.3, -0.25) is 9.71 Å². The number of nitrogens with one attached hydrogen (secondary N) is 4. The number of carbonyl (C=O) groups is 1. The molecule has 0 aliphatic heterocycles. The van der Waals surface area contributed by atoms with E-state index in [9.17, 15) is 18.3 Å². The minimum Gasteiger partial charge on any atom is -0.387 e. The zero-order valence-electron chi connectivity index (χ0n) is 23.6. The van der Waals surface area contributed by atoms with Crippen LogP contribution < -0.4 is 20.4 Å². The smallest absolute Gasteiger partial charge is 0.343 e. The molecule has 0 unspecified atom stereocenters. The summed E-state index contributed by atoms with van der Waals surface area (Å²) >= 11 is 0. The van der Waals surface area contributed by atoms with E-state index in [0.717, 1.165) is 34.9 Å². The number of aliphatic hydroxyl groups is 1. The second-order valence-electron chi connectivity index (χ2n) is 10.5. The fraction of sp³-hybridized carbons (Fsp3) is 0.400. The van der Waals surface area contributed by atoms with Gasteiger partial charge in [0.15, 0.2) is 0 Å². The predicted octanol–water partition coefficient (Wildman–Crippen LogP) is 5.18. The van der Waals surface area contributed by atoms with E-state index in [0.29, 0.717) is 37.4 Å². The zero-order valence-corrected chi connectivity index (χ0v) is 24.4. The molecule has 1 atom stereocenters. The monoisotopic (exact) mass is 593 g/mol. The zero-order chi connectivity index (χ0) is 29.8. The van der Waals surface area contributed by atoms with Gasteiger partial charge in [0.05, 0.1) is 16.7 Å². The topological polar surface area (TPSA) is 160 Å². The molecule has 5 N–H and O–H groups in total. The van der Waals surface area contributed by atoms with Crippen LogP contribution in [0.4, 0.5) is 16.2 Å². The molecule has 0 spiro atoms. The number of nitrogens with zero attached hydrogens (tertiary/aromatic N) is 3. The van der Waals surface area contributed by atoms with Crippen LogP contribution in [0.25, 0.3) is 0 Å². The van der Waals surface area contributed by atoms with E-state index in [4.69, 9.17) is 5.53 Å². The number of hydrogen-bond acceptors (Lipinski definition) is 8. The maximum Gasteiger partial charge on any atom is 0.343 e. The molecule has 42 heavy (non-hydrogen) atoms. The molecular weight excluding hydrogens is 554 g/mol. The number of aliphatic hydroxyl groups excluding tert-OH is 1. The third kappa shape index (κ3) is 9.07. The van der Waals surface area contributed by atoms with Crippen molar-refractivity contribution in [2.24, 2.45) is 11.1 Å². The Morgan fingerprint density at radius 3 is 2.48 bits per heavy atom. The minimum absolute atomic E-state index is 0.0219. The van der Waals surface area contributed by atoms with Crippen molar-refractivity contribution in [3.8, 4) is 0 Å². The predicted molar refractivity (Wildman–Crippen MR) is 162 cm³/mol. The Balaban J connectivity index is 1.23. The lowest BCUT2D eigenvalue weighted by molar-refractivity contribution is 0.174. The van der Waals surface area contributed by atoms with E-state index in [1.54, 1.807) is 30.6 Å². The number of aromatic nitrogens is 1. The molecule has 11 nitrogen and oxygen atoms in total. The van der Waals surface area contributed by atoms with Crippen LogP contribution in [0.1, 0.15) is 55.8 Å². The van der Waals surface area contributed by atoms with Gasteiger partial charge < -0.3 is 15.7 Å².